The second kappa shape index (κ2) is 3.03. The number of hydrogen-bond acceptors (Lipinski definition) is 1. The maximum absolute atomic E-state index is 10.8. The monoisotopic (exact) mass is 209 g/mol. The van der Waals surface area contributed by atoms with E-state index >= 15 is 0 Å². The second-order valence-corrected chi connectivity index (χ2v) is 3.59. The van der Waals surface area contributed by atoms with Gasteiger partial charge < -0.3 is 10.1 Å². The first-order valence-corrected chi connectivity index (χ1v) is 4.48. The van der Waals surface area contributed by atoms with Crippen LogP contribution in [0.3, 0.4) is 0 Å². The van der Waals surface area contributed by atoms with E-state index in [0.717, 1.165) is 11.1 Å². The fourth-order valence-electron chi connectivity index (χ4n) is 1.55. The minimum absolute atomic E-state index is 0.255. The van der Waals surface area contributed by atoms with Crippen molar-refractivity contribution in [1.29, 1.82) is 0 Å². The Labute approximate surface area is 85.3 Å². The summed E-state index contributed by atoms with van der Waals surface area (Å²) < 4.78 is 0. The minimum Gasteiger partial charge on any atom is -0.478 e. The molecule has 2 rings (SSSR count). The molecule has 1 aromatic carbocycles. The van der Waals surface area contributed by atoms with Crippen LogP contribution in [-0.4, -0.2) is 16.1 Å². The van der Waals surface area contributed by atoms with Crippen molar-refractivity contribution in [3.63, 3.8) is 0 Å². The minimum atomic E-state index is -0.946. The van der Waals surface area contributed by atoms with Gasteiger partial charge in [0.05, 0.1) is 5.56 Å². The van der Waals surface area contributed by atoms with Crippen molar-refractivity contribution in [1.82, 2.24) is 4.98 Å². The van der Waals surface area contributed by atoms with E-state index < -0.39 is 5.97 Å². The molecule has 0 unspecified atom stereocenters. The number of aromatic amines is 1. The first kappa shape index (κ1) is 9.09. The zero-order chi connectivity index (χ0) is 10.3. The largest absolute Gasteiger partial charge is 0.478 e. The first-order valence-electron chi connectivity index (χ1n) is 4.10. The molecular weight excluding hydrogens is 202 g/mol. The molecule has 0 saturated heterocycles. The van der Waals surface area contributed by atoms with E-state index in [4.69, 9.17) is 16.7 Å². The summed E-state index contributed by atoms with van der Waals surface area (Å²) in [7, 11) is 0. The first-order chi connectivity index (χ1) is 6.59. The number of carboxylic acids is 1. The van der Waals surface area contributed by atoms with Gasteiger partial charge >= 0.3 is 5.97 Å². The third-order valence-corrected chi connectivity index (χ3v) is 2.40. The number of aromatic nitrogens is 1. The Bertz CT molecular complexity index is 516. The number of nitrogens with one attached hydrogen (secondary N) is 1. The van der Waals surface area contributed by atoms with E-state index in [1.165, 1.54) is 6.20 Å². The molecule has 0 radical (unpaired) electrons. The topological polar surface area (TPSA) is 53.1 Å². The average Bonchev–Trinajstić information content (AvgIpc) is 2.47. The molecule has 2 aromatic rings. The number of aromatic carboxylic acids is 1. The highest BCUT2D eigenvalue weighted by molar-refractivity contribution is 6.31. The molecule has 1 aromatic heterocycles. The molecule has 0 aliphatic carbocycles. The molecule has 0 saturated carbocycles. The van der Waals surface area contributed by atoms with Gasteiger partial charge in [-0.1, -0.05) is 11.6 Å². The Balaban J connectivity index is 2.85. The Morgan fingerprint density at radius 1 is 1.50 bits per heavy atom. The van der Waals surface area contributed by atoms with Crippen LogP contribution in [0, 0.1) is 6.92 Å². The van der Waals surface area contributed by atoms with Crippen molar-refractivity contribution >= 4 is 28.5 Å². The molecule has 0 bridgehead atoms. The summed E-state index contributed by atoms with van der Waals surface area (Å²) in [5, 5.41) is 10.1. The van der Waals surface area contributed by atoms with E-state index in [9.17, 15) is 4.79 Å². The number of hydrogen-bond donors (Lipinski definition) is 2. The maximum atomic E-state index is 10.8. The van der Waals surface area contributed by atoms with Crippen LogP contribution in [0.25, 0.3) is 10.9 Å². The van der Waals surface area contributed by atoms with Crippen molar-refractivity contribution in [2.24, 2.45) is 0 Å². The van der Waals surface area contributed by atoms with Crippen LogP contribution in [0.5, 0.6) is 0 Å². The van der Waals surface area contributed by atoms with Gasteiger partial charge in [0.25, 0.3) is 0 Å². The van der Waals surface area contributed by atoms with Crippen molar-refractivity contribution < 1.29 is 9.90 Å². The van der Waals surface area contributed by atoms with Gasteiger partial charge in [-0.2, -0.15) is 0 Å². The highest BCUT2D eigenvalue weighted by atomic mass is 35.5. The molecule has 0 amide bonds. The molecule has 4 heteroatoms. The number of carbonyl (C=O) groups is 1. The van der Waals surface area contributed by atoms with Crippen molar-refractivity contribution in [3.8, 4) is 0 Å². The van der Waals surface area contributed by atoms with Crippen LogP contribution in [0.4, 0.5) is 0 Å². The summed E-state index contributed by atoms with van der Waals surface area (Å²) in [6, 6.07) is 3.45. The average molecular weight is 210 g/mol. The zero-order valence-electron chi connectivity index (χ0n) is 7.47. The summed E-state index contributed by atoms with van der Waals surface area (Å²) in [6.07, 6.45) is 1.48. The lowest BCUT2D eigenvalue weighted by molar-refractivity contribution is 0.0699. The Morgan fingerprint density at radius 3 is 2.86 bits per heavy atom. The predicted molar refractivity (Wildman–Crippen MR) is 55.0 cm³/mol. The standard InChI is InChI=1S/C10H8ClNO2/c1-5-2-6(11)3-7-8(10(13)14)4-12-9(5)7/h2-4,12H,1H3,(H,13,14). The Hall–Kier alpha value is -1.48. The van der Waals surface area contributed by atoms with Gasteiger partial charge in [-0.15, -0.1) is 0 Å². The molecule has 0 fully saturated rings. The van der Waals surface area contributed by atoms with Gasteiger partial charge in [-0.25, -0.2) is 4.79 Å². The third kappa shape index (κ3) is 1.26. The number of fused-ring (bicyclic) bond motifs is 1. The Morgan fingerprint density at radius 2 is 2.21 bits per heavy atom. The van der Waals surface area contributed by atoms with Gasteiger partial charge in [0.15, 0.2) is 0 Å². The lowest BCUT2D eigenvalue weighted by Crippen LogP contribution is -1.93. The fourth-order valence-corrected chi connectivity index (χ4v) is 1.82. The van der Waals surface area contributed by atoms with Gasteiger partial charge in [0.1, 0.15) is 0 Å². The maximum Gasteiger partial charge on any atom is 0.337 e. The molecule has 0 aliphatic heterocycles. The van der Waals surface area contributed by atoms with Gasteiger partial charge in [-0.3, -0.25) is 0 Å². The lowest BCUT2D eigenvalue weighted by Gasteiger charge is -1.98. The molecule has 3 nitrogen and oxygen atoms in total. The molecule has 1 heterocycles. The molecule has 0 aliphatic rings. The number of halogens is 1. The molecule has 2 N–H and O–H groups in total. The summed E-state index contributed by atoms with van der Waals surface area (Å²) >= 11 is 5.85. The second-order valence-electron chi connectivity index (χ2n) is 3.15. The number of aryl methyl sites for hydroxylation is 1. The molecule has 0 spiro atoms. The van der Waals surface area contributed by atoms with Gasteiger partial charge in [0, 0.05) is 22.1 Å². The zero-order valence-corrected chi connectivity index (χ0v) is 8.22. The van der Waals surface area contributed by atoms with Crippen LogP contribution in [0.2, 0.25) is 5.02 Å². The van der Waals surface area contributed by atoms with Gasteiger partial charge in [-0.05, 0) is 24.6 Å². The van der Waals surface area contributed by atoms with Crippen molar-refractivity contribution in [2.75, 3.05) is 0 Å². The molecule has 14 heavy (non-hydrogen) atoms. The van der Waals surface area contributed by atoms with Crippen LogP contribution >= 0.6 is 11.6 Å². The quantitative estimate of drug-likeness (QED) is 0.759. The number of benzene rings is 1. The summed E-state index contributed by atoms with van der Waals surface area (Å²) in [4.78, 5) is 13.8. The highest BCUT2D eigenvalue weighted by Crippen LogP contribution is 2.25. The predicted octanol–water partition coefficient (Wildman–Crippen LogP) is 2.83. The van der Waals surface area contributed by atoms with E-state index in [1.54, 1.807) is 12.1 Å². The van der Waals surface area contributed by atoms with E-state index in [0.29, 0.717) is 10.4 Å². The number of rotatable bonds is 1. The van der Waals surface area contributed by atoms with Crippen molar-refractivity contribution in [2.45, 2.75) is 6.92 Å². The summed E-state index contributed by atoms with van der Waals surface area (Å²) in [5.41, 5.74) is 2.03. The van der Waals surface area contributed by atoms with Crippen LogP contribution in [0.15, 0.2) is 18.3 Å². The smallest absolute Gasteiger partial charge is 0.337 e. The van der Waals surface area contributed by atoms with E-state index in [-0.39, 0.29) is 5.56 Å². The SMILES string of the molecule is Cc1cc(Cl)cc2c(C(=O)O)c[nH]c12. The van der Waals surface area contributed by atoms with Crippen LogP contribution < -0.4 is 0 Å². The van der Waals surface area contributed by atoms with E-state index in [2.05, 4.69) is 4.98 Å². The normalized spacial score (nSPS) is 10.7. The summed E-state index contributed by atoms with van der Waals surface area (Å²) in [5.74, 6) is -0.946. The number of H-pyrrole nitrogens is 1. The van der Waals surface area contributed by atoms with E-state index in [1.807, 2.05) is 6.92 Å². The van der Waals surface area contributed by atoms with Crippen LogP contribution in [0.1, 0.15) is 15.9 Å². The fraction of sp³-hybridized carbons (Fsp3) is 0.100. The molecular formula is C10H8ClNO2. The summed E-state index contributed by atoms with van der Waals surface area (Å²) in [6.45, 7) is 1.89. The van der Waals surface area contributed by atoms with Crippen LogP contribution in [-0.2, 0) is 0 Å². The third-order valence-electron chi connectivity index (χ3n) is 2.18. The highest BCUT2D eigenvalue weighted by Gasteiger charge is 2.11. The Kier molecular flexibility index (Phi) is 1.97. The number of carboxylic acid groups (broad SMARTS) is 1. The van der Waals surface area contributed by atoms with Gasteiger partial charge in [0.2, 0.25) is 0 Å². The lowest BCUT2D eigenvalue weighted by atomic mass is 10.1. The molecule has 72 valence electrons. The molecule has 0 atom stereocenters. The van der Waals surface area contributed by atoms with Crippen molar-refractivity contribution in [3.05, 3.63) is 34.5 Å².